The molecule has 1 saturated heterocycles. The summed E-state index contributed by atoms with van der Waals surface area (Å²) < 4.78 is 0. The van der Waals surface area contributed by atoms with Crippen LogP contribution < -0.4 is 5.32 Å². The molecule has 1 aliphatic rings. The van der Waals surface area contributed by atoms with Crippen LogP contribution in [0.25, 0.3) is 22.2 Å². The van der Waals surface area contributed by atoms with Crippen molar-refractivity contribution in [1.82, 2.24) is 25.3 Å². The SMILES string of the molecule is CCN1CCN(CCCNC(=O)c2c(-c3ccccc3)nnc3ccccc23)CC1. The molecule has 0 aliphatic carbocycles. The Morgan fingerprint density at radius 1 is 0.933 bits per heavy atom. The molecular formula is C24H29N5O. The first-order valence-corrected chi connectivity index (χ1v) is 10.8. The molecule has 156 valence electrons. The number of piperazine rings is 1. The summed E-state index contributed by atoms with van der Waals surface area (Å²) in [6, 6.07) is 17.5. The van der Waals surface area contributed by atoms with Crippen molar-refractivity contribution < 1.29 is 4.79 Å². The summed E-state index contributed by atoms with van der Waals surface area (Å²) in [5.41, 5.74) is 2.86. The van der Waals surface area contributed by atoms with E-state index in [-0.39, 0.29) is 5.91 Å². The molecule has 6 nitrogen and oxygen atoms in total. The Labute approximate surface area is 177 Å². The highest BCUT2D eigenvalue weighted by Gasteiger charge is 2.19. The van der Waals surface area contributed by atoms with E-state index in [0.29, 0.717) is 17.8 Å². The third-order valence-electron chi connectivity index (χ3n) is 5.79. The molecule has 1 fully saturated rings. The van der Waals surface area contributed by atoms with Gasteiger partial charge in [0.15, 0.2) is 0 Å². The molecule has 3 aromatic rings. The Kier molecular flexibility index (Phi) is 6.67. The molecule has 0 spiro atoms. The highest BCUT2D eigenvalue weighted by Crippen LogP contribution is 2.26. The Morgan fingerprint density at radius 2 is 1.63 bits per heavy atom. The van der Waals surface area contributed by atoms with Crippen LogP contribution in [-0.4, -0.2) is 71.7 Å². The zero-order valence-corrected chi connectivity index (χ0v) is 17.6. The van der Waals surface area contributed by atoms with Gasteiger partial charge in [-0.05, 0) is 25.6 Å². The molecule has 1 aromatic heterocycles. The second kappa shape index (κ2) is 9.78. The van der Waals surface area contributed by atoms with Gasteiger partial charge in [0.05, 0.1) is 11.1 Å². The molecule has 2 aromatic carbocycles. The number of hydrogen-bond acceptors (Lipinski definition) is 5. The number of hydrogen-bond donors (Lipinski definition) is 1. The van der Waals surface area contributed by atoms with Crippen LogP contribution in [0.4, 0.5) is 0 Å². The summed E-state index contributed by atoms with van der Waals surface area (Å²) in [5, 5.41) is 12.7. The summed E-state index contributed by atoms with van der Waals surface area (Å²) in [6.45, 7) is 9.50. The predicted octanol–water partition coefficient (Wildman–Crippen LogP) is 3.05. The van der Waals surface area contributed by atoms with E-state index >= 15 is 0 Å². The Bertz CT molecular complexity index is 983. The van der Waals surface area contributed by atoms with Crippen molar-refractivity contribution in [2.24, 2.45) is 0 Å². The van der Waals surface area contributed by atoms with Crippen molar-refractivity contribution >= 4 is 16.8 Å². The minimum Gasteiger partial charge on any atom is -0.352 e. The fraction of sp³-hybridized carbons (Fsp3) is 0.375. The lowest BCUT2D eigenvalue weighted by Crippen LogP contribution is -2.46. The van der Waals surface area contributed by atoms with Crippen LogP contribution in [0.3, 0.4) is 0 Å². The van der Waals surface area contributed by atoms with Crippen molar-refractivity contribution in [2.45, 2.75) is 13.3 Å². The van der Waals surface area contributed by atoms with Crippen molar-refractivity contribution in [3.63, 3.8) is 0 Å². The molecule has 0 radical (unpaired) electrons. The second-order valence-corrected chi connectivity index (χ2v) is 7.69. The number of benzene rings is 2. The number of carbonyl (C=O) groups is 1. The number of amides is 1. The van der Waals surface area contributed by atoms with Crippen LogP contribution >= 0.6 is 0 Å². The third kappa shape index (κ3) is 4.66. The number of carbonyl (C=O) groups excluding carboxylic acids is 1. The predicted molar refractivity (Wildman–Crippen MR) is 120 cm³/mol. The van der Waals surface area contributed by atoms with Gasteiger partial charge in [-0.25, -0.2) is 0 Å². The molecule has 2 heterocycles. The molecule has 4 rings (SSSR count). The standard InChI is InChI=1S/C24H29N5O/c1-2-28-15-17-29(18-16-28)14-8-13-25-24(30)22-20-11-6-7-12-21(20)26-27-23(22)19-9-4-3-5-10-19/h3-7,9-12H,2,8,13-18H2,1H3,(H,25,30). The van der Waals surface area contributed by atoms with Crippen LogP contribution in [0.1, 0.15) is 23.7 Å². The summed E-state index contributed by atoms with van der Waals surface area (Å²) in [5.74, 6) is -0.0873. The number of nitrogens with zero attached hydrogens (tertiary/aromatic N) is 4. The average Bonchev–Trinajstić information content (AvgIpc) is 2.82. The number of fused-ring (bicyclic) bond motifs is 1. The molecule has 6 heteroatoms. The summed E-state index contributed by atoms with van der Waals surface area (Å²) >= 11 is 0. The van der Waals surface area contributed by atoms with Gasteiger partial charge in [0.2, 0.25) is 0 Å². The molecule has 0 bridgehead atoms. The van der Waals surface area contributed by atoms with E-state index in [0.717, 1.165) is 62.2 Å². The number of rotatable bonds is 7. The van der Waals surface area contributed by atoms with Crippen LogP contribution in [0.5, 0.6) is 0 Å². The van der Waals surface area contributed by atoms with Gasteiger partial charge in [-0.15, -0.1) is 10.2 Å². The van der Waals surface area contributed by atoms with E-state index in [1.807, 2.05) is 54.6 Å². The number of aromatic nitrogens is 2. The van der Waals surface area contributed by atoms with Crippen molar-refractivity contribution in [2.75, 3.05) is 45.8 Å². The monoisotopic (exact) mass is 403 g/mol. The van der Waals surface area contributed by atoms with Gasteiger partial charge in [-0.1, -0.05) is 55.5 Å². The Hall–Kier alpha value is -2.83. The minimum atomic E-state index is -0.0873. The fourth-order valence-corrected chi connectivity index (χ4v) is 4.00. The van der Waals surface area contributed by atoms with Gasteiger partial charge in [-0.2, -0.15) is 0 Å². The topological polar surface area (TPSA) is 61.4 Å². The van der Waals surface area contributed by atoms with E-state index < -0.39 is 0 Å². The third-order valence-corrected chi connectivity index (χ3v) is 5.79. The maximum absolute atomic E-state index is 13.2. The molecule has 0 unspecified atom stereocenters. The second-order valence-electron chi connectivity index (χ2n) is 7.69. The van der Waals surface area contributed by atoms with Crippen molar-refractivity contribution in [3.05, 3.63) is 60.2 Å². The molecule has 30 heavy (non-hydrogen) atoms. The Balaban J connectivity index is 1.45. The summed E-state index contributed by atoms with van der Waals surface area (Å²) in [7, 11) is 0. The van der Waals surface area contributed by atoms with Gasteiger partial charge in [0.25, 0.3) is 5.91 Å². The van der Waals surface area contributed by atoms with Crippen molar-refractivity contribution in [3.8, 4) is 11.3 Å². The largest absolute Gasteiger partial charge is 0.352 e. The Morgan fingerprint density at radius 3 is 2.40 bits per heavy atom. The first-order valence-electron chi connectivity index (χ1n) is 10.8. The smallest absolute Gasteiger partial charge is 0.254 e. The van der Waals surface area contributed by atoms with Crippen LogP contribution in [0.15, 0.2) is 54.6 Å². The van der Waals surface area contributed by atoms with Gasteiger partial charge in [0.1, 0.15) is 5.69 Å². The van der Waals surface area contributed by atoms with E-state index in [9.17, 15) is 4.79 Å². The maximum Gasteiger partial charge on any atom is 0.254 e. The molecule has 0 atom stereocenters. The van der Waals surface area contributed by atoms with Gasteiger partial charge < -0.3 is 15.1 Å². The highest BCUT2D eigenvalue weighted by molar-refractivity contribution is 6.10. The highest BCUT2D eigenvalue weighted by atomic mass is 16.1. The normalized spacial score (nSPS) is 15.4. The summed E-state index contributed by atoms with van der Waals surface area (Å²) in [4.78, 5) is 18.1. The molecular weight excluding hydrogens is 374 g/mol. The van der Waals surface area contributed by atoms with Gasteiger partial charge in [-0.3, -0.25) is 4.79 Å². The lowest BCUT2D eigenvalue weighted by atomic mass is 10.0. The van der Waals surface area contributed by atoms with E-state index in [1.54, 1.807) is 0 Å². The van der Waals surface area contributed by atoms with E-state index in [4.69, 9.17) is 0 Å². The summed E-state index contributed by atoms with van der Waals surface area (Å²) in [6.07, 6.45) is 0.939. The number of nitrogens with one attached hydrogen (secondary N) is 1. The molecule has 1 amide bonds. The number of likely N-dealkylation sites (N-methyl/N-ethyl adjacent to an activating group) is 1. The first-order chi connectivity index (χ1) is 14.8. The minimum absolute atomic E-state index is 0.0873. The average molecular weight is 404 g/mol. The molecule has 0 saturated carbocycles. The first kappa shape index (κ1) is 20.4. The van der Waals surface area contributed by atoms with E-state index in [1.165, 1.54) is 0 Å². The van der Waals surface area contributed by atoms with Crippen LogP contribution in [0.2, 0.25) is 0 Å². The maximum atomic E-state index is 13.2. The quantitative estimate of drug-likeness (QED) is 0.615. The van der Waals surface area contributed by atoms with E-state index in [2.05, 4.69) is 32.2 Å². The zero-order valence-electron chi connectivity index (χ0n) is 17.6. The molecule has 1 aliphatic heterocycles. The van der Waals surface area contributed by atoms with Crippen LogP contribution in [-0.2, 0) is 0 Å². The zero-order chi connectivity index (χ0) is 20.8. The molecule has 1 N–H and O–H groups in total. The van der Waals surface area contributed by atoms with Crippen LogP contribution in [0, 0.1) is 0 Å². The van der Waals surface area contributed by atoms with Gasteiger partial charge >= 0.3 is 0 Å². The lowest BCUT2D eigenvalue weighted by Gasteiger charge is -2.33. The van der Waals surface area contributed by atoms with Gasteiger partial charge in [0, 0.05) is 43.7 Å². The lowest BCUT2D eigenvalue weighted by molar-refractivity contribution is 0.0950. The fourth-order valence-electron chi connectivity index (χ4n) is 4.00. The van der Waals surface area contributed by atoms with Crippen molar-refractivity contribution in [1.29, 1.82) is 0 Å².